The second-order valence-corrected chi connectivity index (χ2v) is 4.88. The monoisotopic (exact) mass is 235 g/mol. The Balaban J connectivity index is 2.24. The fourth-order valence-corrected chi connectivity index (χ4v) is 1.97. The van der Waals surface area contributed by atoms with E-state index in [-0.39, 0.29) is 0 Å². The molecule has 0 fully saturated rings. The van der Waals surface area contributed by atoms with Crippen molar-refractivity contribution in [2.75, 3.05) is 13.2 Å². The van der Waals surface area contributed by atoms with Crippen molar-refractivity contribution < 1.29 is 4.74 Å². The highest BCUT2D eigenvalue weighted by Gasteiger charge is 2.09. The van der Waals surface area contributed by atoms with Crippen LogP contribution in [-0.4, -0.2) is 19.2 Å². The quantitative estimate of drug-likeness (QED) is 0.731. The number of hydrogen-bond donors (Lipinski definition) is 1. The molecule has 0 aromatic heterocycles. The lowest BCUT2D eigenvalue weighted by Crippen LogP contribution is -2.35. The fourth-order valence-electron chi connectivity index (χ4n) is 1.97. The first kappa shape index (κ1) is 14.0. The van der Waals surface area contributed by atoms with Gasteiger partial charge < -0.3 is 10.1 Å². The summed E-state index contributed by atoms with van der Waals surface area (Å²) >= 11 is 0. The summed E-state index contributed by atoms with van der Waals surface area (Å²) in [6, 6.07) is 8.78. The summed E-state index contributed by atoms with van der Waals surface area (Å²) in [6.07, 6.45) is 1.17. The molecule has 0 saturated heterocycles. The van der Waals surface area contributed by atoms with E-state index in [0.717, 1.165) is 18.9 Å². The Bertz CT molecular complexity index is 322. The Morgan fingerprint density at radius 2 is 2.06 bits per heavy atom. The molecule has 0 spiro atoms. The van der Waals surface area contributed by atoms with E-state index < -0.39 is 0 Å². The molecule has 0 aliphatic carbocycles. The SMILES string of the molecule is CCC(NCCOc1cccc(C)c1)C(C)C. The summed E-state index contributed by atoms with van der Waals surface area (Å²) in [4.78, 5) is 0. The molecule has 2 nitrogen and oxygen atoms in total. The lowest BCUT2D eigenvalue weighted by Gasteiger charge is -2.20. The Kier molecular flexibility index (Phi) is 6.06. The highest BCUT2D eigenvalue weighted by molar-refractivity contribution is 5.27. The molecule has 1 atom stereocenters. The molecule has 1 aromatic carbocycles. The van der Waals surface area contributed by atoms with Gasteiger partial charge in [0.15, 0.2) is 0 Å². The molecule has 1 rings (SSSR count). The topological polar surface area (TPSA) is 21.3 Å². The van der Waals surface area contributed by atoms with Crippen LogP contribution in [0.25, 0.3) is 0 Å². The summed E-state index contributed by atoms with van der Waals surface area (Å²) in [5.74, 6) is 1.64. The van der Waals surface area contributed by atoms with Crippen LogP contribution in [0.4, 0.5) is 0 Å². The summed E-state index contributed by atoms with van der Waals surface area (Å²) in [6.45, 7) is 10.4. The predicted molar refractivity (Wildman–Crippen MR) is 73.6 cm³/mol. The third-order valence-corrected chi connectivity index (χ3v) is 3.01. The molecule has 96 valence electrons. The third kappa shape index (κ3) is 5.22. The van der Waals surface area contributed by atoms with Crippen LogP contribution in [0.15, 0.2) is 24.3 Å². The zero-order valence-electron chi connectivity index (χ0n) is 11.5. The minimum atomic E-state index is 0.594. The Hall–Kier alpha value is -1.02. The summed E-state index contributed by atoms with van der Waals surface area (Å²) < 4.78 is 5.70. The standard InChI is InChI=1S/C15H25NO/c1-5-15(12(2)3)16-9-10-17-14-8-6-7-13(4)11-14/h6-8,11-12,15-16H,5,9-10H2,1-4H3. The van der Waals surface area contributed by atoms with E-state index in [1.54, 1.807) is 0 Å². The molecule has 0 saturated carbocycles. The van der Waals surface area contributed by atoms with Gasteiger partial charge >= 0.3 is 0 Å². The maximum atomic E-state index is 5.70. The number of rotatable bonds is 7. The molecule has 17 heavy (non-hydrogen) atoms. The molecule has 2 heteroatoms. The fraction of sp³-hybridized carbons (Fsp3) is 0.600. The highest BCUT2D eigenvalue weighted by Crippen LogP contribution is 2.12. The van der Waals surface area contributed by atoms with Crippen LogP contribution < -0.4 is 10.1 Å². The van der Waals surface area contributed by atoms with Crippen LogP contribution in [-0.2, 0) is 0 Å². The lowest BCUT2D eigenvalue weighted by molar-refractivity contribution is 0.289. The molecule has 0 radical (unpaired) electrons. The van der Waals surface area contributed by atoms with Crippen molar-refractivity contribution >= 4 is 0 Å². The van der Waals surface area contributed by atoms with Crippen LogP contribution in [0, 0.1) is 12.8 Å². The molecule has 1 N–H and O–H groups in total. The second-order valence-electron chi connectivity index (χ2n) is 4.88. The molecular weight excluding hydrogens is 210 g/mol. The Labute approximate surface area is 105 Å². The smallest absolute Gasteiger partial charge is 0.119 e. The van der Waals surface area contributed by atoms with Crippen molar-refractivity contribution in [1.29, 1.82) is 0 Å². The van der Waals surface area contributed by atoms with Crippen LogP contribution in [0.2, 0.25) is 0 Å². The second kappa shape index (κ2) is 7.33. The first-order chi connectivity index (χ1) is 8.13. The van der Waals surface area contributed by atoms with E-state index in [0.29, 0.717) is 12.0 Å². The number of aryl methyl sites for hydroxylation is 1. The van der Waals surface area contributed by atoms with Gasteiger partial charge in [0.1, 0.15) is 12.4 Å². The zero-order valence-corrected chi connectivity index (χ0v) is 11.5. The highest BCUT2D eigenvalue weighted by atomic mass is 16.5. The van der Waals surface area contributed by atoms with Gasteiger partial charge in [0.05, 0.1) is 0 Å². The lowest BCUT2D eigenvalue weighted by atomic mass is 10.0. The van der Waals surface area contributed by atoms with Gasteiger partial charge in [-0.1, -0.05) is 32.9 Å². The molecular formula is C15H25NO. The average molecular weight is 235 g/mol. The minimum absolute atomic E-state index is 0.594. The van der Waals surface area contributed by atoms with E-state index in [9.17, 15) is 0 Å². The van der Waals surface area contributed by atoms with Crippen molar-refractivity contribution in [2.45, 2.75) is 40.2 Å². The van der Waals surface area contributed by atoms with Crippen LogP contribution >= 0.6 is 0 Å². The van der Waals surface area contributed by atoms with Gasteiger partial charge in [0, 0.05) is 12.6 Å². The van der Waals surface area contributed by atoms with Crippen molar-refractivity contribution in [3.63, 3.8) is 0 Å². The van der Waals surface area contributed by atoms with Crippen molar-refractivity contribution in [2.24, 2.45) is 5.92 Å². The Morgan fingerprint density at radius 1 is 1.29 bits per heavy atom. The number of nitrogens with one attached hydrogen (secondary N) is 1. The van der Waals surface area contributed by atoms with Crippen molar-refractivity contribution in [3.05, 3.63) is 29.8 Å². The van der Waals surface area contributed by atoms with E-state index in [1.807, 2.05) is 12.1 Å². The molecule has 1 unspecified atom stereocenters. The van der Waals surface area contributed by atoms with Gasteiger partial charge in [-0.3, -0.25) is 0 Å². The maximum absolute atomic E-state index is 5.70. The van der Waals surface area contributed by atoms with Crippen molar-refractivity contribution in [1.82, 2.24) is 5.32 Å². The molecule has 0 amide bonds. The number of hydrogen-bond acceptors (Lipinski definition) is 2. The van der Waals surface area contributed by atoms with Gasteiger partial charge in [-0.15, -0.1) is 0 Å². The number of benzene rings is 1. The molecule has 1 aromatic rings. The minimum Gasteiger partial charge on any atom is -0.492 e. The summed E-state index contributed by atoms with van der Waals surface area (Å²) in [7, 11) is 0. The predicted octanol–water partition coefficient (Wildman–Crippen LogP) is 3.40. The van der Waals surface area contributed by atoms with Crippen LogP contribution in [0.1, 0.15) is 32.8 Å². The average Bonchev–Trinajstić information content (AvgIpc) is 2.28. The van der Waals surface area contributed by atoms with Gasteiger partial charge in [-0.05, 0) is 37.0 Å². The Morgan fingerprint density at radius 3 is 2.65 bits per heavy atom. The summed E-state index contributed by atoms with van der Waals surface area (Å²) in [5, 5.41) is 3.53. The maximum Gasteiger partial charge on any atom is 0.119 e. The van der Waals surface area contributed by atoms with E-state index in [2.05, 4.69) is 45.1 Å². The molecule has 0 aliphatic heterocycles. The molecule has 0 bridgehead atoms. The van der Waals surface area contributed by atoms with E-state index >= 15 is 0 Å². The zero-order chi connectivity index (χ0) is 12.7. The van der Waals surface area contributed by atoms with E-state index in [1.165, 1.54) is 12.0 Å². The first-order valence-corrected chi connectivity index (χ1v) is 6.56. The first-order valence-electron chi connectivity index (χ1n) is 6.56. The van der Waals surface area contributed by atoms with E-state index in [4.69, 9.17) is 4.74 Å². The number of ether oxygens (including phenoxy) is 1. The summed E-state index contributed by atoms with van der Waals surface area (Å²) in [5.41, 5.74) is 1.24. The normalized spacial score (nSPS) is 12.8. The van der Waals surface area contributed by atoms with Gasteiger partial charge in [0.25, 0.3) is 0 Å². The molecule has 0 heterocycles. The van der Waals surface area contributed by atoms with Gasteiger partial charge in [-0.2, -0.15) is 0 Å². The largest absolute Gasteiger partial charge is 0.492 e. The van der Waals surface area contributed by atoms with Crippen LogP contribution in [0.3, 0.4) is 0 Å². The van der Waals surface area contributed by atoms with Gasteiger partial charge in [0.2, 0.25) is 0 Å². The van der Waals surface area contributed by atoms with Crippen molar-refractivity contribution in [3.8, 4) is 5.75 Å². The third-order valence-electron chi connectivity index (χ3n) is 3.01. The van der Waals surface area contributed by atoms with Gasteiger partial charge in [-0.25, -0.2) is 0 Å². The van der Waals surface area contributed by atoms with Crippen LogP contribution in [0.5, 0.6) is 5.75 Å². The molecule has 0 aliphatic rings.